The fourth-order valence-corrected chi connectivity index (χ4v) is 4.15. The third-order valence-electron chi connectivity index (χ3n) is 5.84. The first-order valence-electron chi connectivity index (χ1n) is 11.6. The van der Waals surface area contributed by atoms with Gasteiger partial charge in [-0.05, 0) is 66.7 Å². The molecule has 0 aliphatic carbocycles. The van der Waals surface area contributed by atoms with Crippen LogP contribution < -0.4 is 10.6 Å². The molecule has 1 aliphatic heterocycles. The van der Waals surface area contributed by atoms with Crippen molar-refractivity contribution in [1.82, 2.24) is 10.2 Å². The molecule has 7 heteroatoms. The number of anilines is 1. The van der Waals surface area contributed by atoms with E-state index in [4.69, 9.17) is 4.99 Å². The van der Waals surface area contributed by atoms with Gasteiger partial charge >= 0.3 is 0 Å². The summed E-state index contributed by atoms with van der Waals surface area (Å²) in [5.41, 5.74) is 5.25. The van der Waals surface area contributed by atoms with Crippen LogP contribution in [0.25, 0.3) is 0 Å². The lowest BCUT2D eigenvalue weighted by Crippen LogP contribution is -2.23. The van der Waals surface area contributed by atoms with E-state index in [1.807, 2.05) is 62.6 Å². The van der Waals surface area contributed by atoms with Crippen LogP contribution in [0.4, 0.5) is 15.8 Å². The van der Waals surface area contributed by atoms with E-state index in [0.29, 0.717) is 29.9 Å². The minimum absolute atomic E-state index is 0.0340. The van der Waals surface area contributed by atoms with Crippen LogP contribution in [0.15, 0.2) is 71.7 Å². The summed E-state index contributed by atoms with van der Waals surface area (Å²) in [6.07, 6.45) is 0.409. The third-order valence-corrected chi connectivity index (χ3v) is 5.84. The Balaban J connectivity index is 1.76. The molecule has 1 atom stereocenters. The first kappa shape index (κ1) is 24.3. The summed E-state index contributed by atoms with van der Waals surface area (Å²) in [5.74, 6) is -1.38. The molecular weight excluding hydrogens is 443 g/mol. The van der Waals surface area contributed by atoms with Gasteiger partial charge in [-0.3, -0.25) is 14.6 Å². The Bertz CT molecular complexity index is 1270. The van der Waals surface area contributed by atoms with Gasteiger partial charge in [-0.2, -0.15) is 0 Å². The summed E-state index contributed by atoms with van der Waals surface area (Å²) >= 11 is 0. The van der Waals surface area contributed by atoms with E-state index >= 15 is 0 Å². The lowest BCUT2D eigenvalue weighted by atomic mass is 9.90. The Morgan fingerprint density at radius 3 is 2.54 bits per heavy atom. The number of hydrogen-bond acceptors (Lipinski definition) is 4. The molecule has 1 aliphatic rings. The standard InChI is InChI=1S/C28H29FN4O2/c1-4-25(34)30-16-19-6-5-7-20(14-19)27(31-22-11-8-18(9-12-22)17-33(2)3)26-23-13-10-21(29)15-24(23)32-28(26)35/h5-15,26H,4,16-17H2,1-3H3,(H,30,34)(H,32,35). The van der Waals surface area contributed by atoms with E-state index in [1.54, 1.807) is 13.0 Å². The summed E-state index contributed by atoms with van der Waals surface area (Å²) < 4.78 is 13.8. The number of nitrogens with zero attached hydrogens (tertiary/aromatic N) is 2. The number of amides is 2. The van der Waals surface area contributed by atoms with Crippen molar-refractivity contribution in [2.24, 2.45) is 4.99 Å². The summed E-state index contributed by atoms with van der Waals surface area (Å²) in [5, 5.41) is 5.68. The Labute approximate surface area is 204 Å². The van der Waals surface area contributed by atoms with Crippen LogP contribution in [0.2, 0.25) is 0 Å². The molecule has 0 saturated carbocycles. The molecule has 0 fully saturated rings. The largest absolute Gasteiger partial charge is 0.352 e. The van der Waals surface area contributed by atoms with E-state index < -0.39 is 11.7 Å². The molecular formula is C28H29FN4O2. The highest BCUT2D eigenvalue weighted by Crippen LogP contribution is 2.36. The van der Waals surface area contributed by atoms with E-state index in [2.05, 4.69) is 15.5 Å². The fraction of sp³-hybridized carbons (Fsp3) is 0.250. The van der Waals surface area contributed by atoms with Crippen molar-refractivity contribution in [3.8, 4) is 0 Å². The number of benzene rings is 3. The third kappa shape index (κ3) is 5.81. The van der Waals surface area contributed by atoms with Crippen LogP contribution in [0.5, 0.6) is 0 Å². The van der Waals surface area contributed by atoms with Crippen LogP contribution in [0, 0.1) is 5.82 Å². The lowest BCUT2D eigenvalue weighted by Gasteiger charge is -2.15. The van der Waals surface area contributed by atoms with Crippen LogP contribution in [-0.4, -0.2) is 36.5 Å². The molecule has 0 saturated heterocycles. The highest BCUT2D eigenvalue weighted by Gasteiger charge is 2.35. The molecule has 3 aromatic carbocycles. The molecule has 3 aromatic rings. The monoisotopic (exact) mass is 472 g/mol. The van der Waals surface area contributed by atoms with E-state index in [-0.39, 0.29) is 11.8 Å². The van der Waals surface area contributed by atoms with Gasteiger partial charge in [0, 0.05) is 25.2 Å². The van der Waals surface area contributed by atoms with Crippen molar-refractivity contribution >= 4 is 28.9 Å². The molecule has 2 N–H and O–H groups in total. The van der Waals surface area contributed by atoms with Crippen molar-refractivity contribution in [3.05, 3.63) is 94.8 Å². The zero-order chi connectivity index (χ0) is 24.9. The molecule has 0 aromatic heterocycles. The second kappa shape index (κ2) is 10.6. The first-order chi connectivity index (χ1) is 16.8. The first-order valence-corrected chi connectivity index (χ1v) is 11.6. The van der Waals surface area contributed by atoms with Crippen LogP contribution in [0.1, 0.15) is 41.5 Å². The average molecular weight is 473 g/mol. The second-order valence-electron chi connectivity index (χ2n) is 8.89. The minimum atomic E-state index is -0.687. The minimum Gasteiger partial charge on any atom is -0.352 e. The highest BCUT2D eigenvalue weighted by molar-refractivity contribution is 6.24. The van der Waals surface area contributed by atoms with Gasteiger partial charge < -0.3 is 15.5 Å². The van der Waals surface area contributed by atoms with Crippen molar-refractivity contribution in [3.63, 3.8) is 0 Å². The van der Waals surface area contributed by atoms with Gasteiger partial charge in [0.25, 0.3) is 0 Å². The molecule has 180 valence electrons. The van der Waals surface area contributed by atoms with E-state index in [9.17, 15) is 14.0 Å². The van der Waals surface area contributed by atoms with Gasteiger partial charge in [-0.25, -0.2) is 4.39 Å². The molecule has 0 spiro atoms. The molecule has 0 radical (unpaired) electrons. The van der Waals surface area contributed by atoms with Gasteiger partial charge in [-0.1, -0.05) is 43.3 Å². The number of carbonyl (C=O) groups is 2. The quantitative estimate of drug-likeness (QED) is 0.464. The number of nitrogens with one attached hydrogen (secondary N) is 2. The number of fused-ring (bicyclic) bond motifs is 1. The van der Waals surface area contributed by atoms with Gasteiger partial charge in [-0.15, -0.1) is 0 Å². The second-order valence-corrected chi connectivity index (χ2v) is 8.89. The normalized spacial score (nSPS) is 15.2. The number of hydrogen-bond donors (Lipinski definition) is 2. The molecule has 35 heavy (non-hydrogen) atoms. The Morgan fingerprint density at radius 1 is 1.06 bits per heavy atom. The number of aliphatic imine (C=N–C) groups is 1. The number of halogens is 1. The van der Waals surface area contributed by atoms with Crippen LogP contribution in [0.3, 0.4) is 0 Å². The van der Waals surface area contributed by atoms with Crippen molar-refractivity contribution in [2.75, 3.05) is 19.4 Å². The van der Waals surface area contributed by atoms with Crippen molar-refractivity contribution in [1.29, 1.82) is 0 Å². The molecule has 1 unspecified atom stereocenters. The van der Waals surface area contributed by atoms with E-state index in [1.165, 1.54) is 12.1 Å². The number of rotatable bonds is 8. The van der Waals surface area contributed by atoms with Gasteiger partial charge in [0.2, 0.25) is 11.8 Å². The zero-order valence-electron chi connectivity index (χ0n) is 20.1. The molecule has 0 bridgehead atoms. The van der Waals surface area contributed by atoms with Crippen molar-refractivity contribution in [2.45, 2.75) is 32.4 Å². The van der Waals surface area contributed by atoms with Gasteiger partial charge in [0.1, 0.15) is 11.7 Å². The molecule has 1 heterocycles. The van der Waals surface area contributed by atoms with Crippen LogP contribution in [-0.2, 0) is 22.7 Å². The Kier molecular flexibility index (Phi) is 7.36. The lowest BCUT2D eigenvalue weighted by molar-refractivity contribution is -0.121. The molecule has 2 amide bonds. The Morgan fingerprint density at radius 2 is 1.83 bits per heavy atom. The maximum atomic E-state index is 13.8. The zero-order valence-corrected chi connectivity index (χ0v) is 20.1. The van der Waals surface area contributed by atoms with Gasteiger partial charge in [0.05, 0.1) is 11.4 Å². The Hall–Kier alpha value is -3.84. The summed E-state index contributed by atoms with van der Waals surface area (Å²) in [6, 6.07) is 19.9. The summed E-state index contributed by atoms with van der Waals surface area (Å²) in [6.45, 7) is 3.00. The maximum Gasteiger partial charge on any atom is 0.238 e. The smallest absolute Gasteiger partial charge is 0.238 e. The molecule has 6 nitrogen and oxygen atoms in total. The molecule has 4 rings (SSSR count). The van der Waals surface area contributed by atoms with E-state index in [0.717, 1.165) is 28.9 Å². The maximum absolute atomic E-state index is 13.8. The summed E-state index contributed by atoms with van der Waals surface area (Å²) in [4.78, 5) is 31.8. The SMILES string of the molecule is CCC(=O)NCc1cccc(C(=Nc2ccc(CN(C)C)cc2)C2C(=O)Nc3cc(F)ccc32)c1. The average Bonchev–Trinajstić information content (AvgIpc) is 3.16. The van der Waals surface area contributed by atoms with Crippen molar-refractivity contribution < 1.29 is 14.0 Å². The number of carbonyl (C=O) groups excluding carboxylic acids is 2. The predicted octanol–water partition coefficient (Wildman–Crippen LogP) is 4.77. The summed E-state index contributed by atoms with van der Waals surface area (Å²) in [7, 11) is 4.03. The topological polar surface area (TPSA) is 73.8 Å². The fourth-order valence-electron chi connectivity index (χ4n) is 4.15. The highest BCUT2D eigenvalue weighted by atomic mass is 19.1. The van der Waals surface area contributed by atoms with Crippen LogP contribution >= 0.6 is 0 Å². The van der Waals surface area contributed by atoms with Gasteiger partial charge in [0.15, 0.2) is 0 Å². The predicted molar refractivity (Wildman–Crippen MR) is 136 cm³/mol.